The number of anilines is 2. The number of methoxy groups -OCH3 is 1. The van der Waals surface area contributed by atoms with E-state index in [4.69, 9.17) is 5.73 Å². The molecule has 17 heavy (non-hydrogen) atoms. The summed E-state index contributed by atoms with van der Waals surface area (Å²) in [6, 6.07) is 9.50. The number of nitrogens with two attached hydrogens (primary N) is 1. The van der Waals surface area contributed by atoms with Crippen LogP contribution in [0.4, 0.5) is 16.2 Å². The van der Waals surface area contributed by atoms with Gasteiger partial charge in [0.1, 0.15) is 0 Å². The van der Waals surface area contributed by atoms with Crippen molar-refractivity contribution in [2.24, 2.45) is 0 Å². The van der Waals surface area contributed by atoms with Gasteiger partial charge in [0, 0.05) is 4.88 Å². The van der Waals surface area contributed by atoms with Crippen LogP contribution in [-0.2, 0) is 4.74 Å². The van der Waals surface area contributed by atoms with Crippen LogP contribution in [0.1, 0.15) is 0 Å². The van der Waals surface area contributed by atoms with E-state index in [1.807, 2.05) is 29.6 Å². The zero-order valence-electron chi connectivity index (χ0n) is 9.27. The molecule has 0 aliphatic carbocycles. The molecule has 1 amide bonds. The molecule has 1 aromatic heterocycles. The van der Waals surface area contributed by atoms with E-state index in [-0.39, 0.29) is 0 Å². The minimum Gasteiger partial charge on any atom is -0.453 e. The van der Waals surface area contributed by atoms with Crippen LogP contribution in [0.5, 0.6) is 0 Å². The lowest BCUT2D eigenvalue weighted by Gasteiger charge is -2.08. The largest absolute Gasteiger partial charge is 0.453 e. The third-order valence-electron chi connectivity index (χ3n) is 2.28. The molecule has 2 rings (SSSR count). The van der Waals surface area contributed by atoms with Crippen molar-refractivity contribution in [1.29, 1.82) is 0 Å². The number of hydrogen-bond donors (Lipinski definition) is 2. The van der Waals surface area contributed by atoms with Crippen LogP contribution in [0.25, 0.3) is 10.4 Å². The van der Waals surface area contributed by atoms with E-state index in [1.165, 1.54) is 7.11 Å². The fourth-order valence-corrected chi connectivity index (χ4v) is 2.15. The minimum atomic E-state index is -0.528. The standard InChI is InChI=1S/C12H12N2O2S/c1-16-12(15)14-10-7-8(4-5-9(10)13)11-3-2-6-17-11/h2-7H,13H2,1H3,(H,14,15). The molecule has 0 bridgehead atoms. The number of carbonyl (C=O) groups excluding carboxylic acids is 1. The quantitative estimate of drug-likeness (QED) is 0.802. The summed E-state index contributed by atoms with van der Waals surface area (Å²) in [6.07, 6.45) is -0.528. The zero-order chi connectivity index (χ0) is 12.3. The highest BCUT2D eigenvalue weighted by atomic mass is 32.1. The molecule has 3 N–H and O–H groups in total. The maximum atomic E-state index is 11.1. The van der Waals surface area contributed by atoms with Crippen molar-refractivity contribution >= 4 is 28.8 Å². The number of nitrogen functional groups attached to an aromatic ring is 1. The molecule has 0 radical (unpaired) electrons. The molecule has 0 fully saturated rings. The van der Waals surface area contributed by atoms with Gasteiger partial charge in [-0.15, -0.1) is 11.3 Å². The normalized spacial score (nSPS) is 9.94. The second-order valence-corrected chi connectivity index (χ2v) is 4.34. The van der Waals surface area contributed by atoms with E-state index in [0.29, 0.717) is 11.4 Å². The van der Waals surface area contributed by atoms with E-state index in [1.54, 1.807) is 17.4 Å². The summed E-state index contributed by atoms with van der Waals surface area (Å²) in [7, 11) is 1.31. The molecule has 0 saturated carbocycles. The van der Waals surface area contributed by atoms with E-state index in [2.05, 4.69) is 10.1 Å². The lowest BCUT2D eigenvalue weighted by atomic mass is 10.1. The number of rotatable bonds is 2. The fourth-order valence-electron chi connectivity index (χ4n) is 1.42. The molecule has 1 aromatic carbocycles. The number of nitrogens with one attached hydrogen (secondary N) is 1. The van der Waals surface area contributed by atoms with Gasteiger partial charge in [0.05, 0.1) is 18.5 Å². The van der Waals surface area contributed by atoms with Crippen LogP contribution in [-0.4, -0.2) is 13.2 Å². The number of thiophene rings is 1. The van der Waals surface area contributed by atoms with Crippen molar-refractivity contribution in [3.8, 4) is 10.4 Å². The molecule has 5 heteroatoms. The van der Waals surface area contributed by atoms with E-state index >= 15 is 0 Å². The Bertz CT molecular complexity index is 523. The summed E-state index contributed by atoms with van der Waals surface area (Å²) in [5.74, 6) is 0. The Morgan fingerprint density at radius 3 is 2.88 bits per heavy atom. The van der Waals surface area contributed by atoms with Gasteiger partial charge < -0.3 is 10.5 Å². The lowest BCUT2D eigenvalue weighted by molar-refractivity contribution is 0.187. The summed E-state index contributed by atoms with van der Waals surface area (Å²) >= 11 is 1.63. The summed E-state index contributed by atoms with van der Waals surface area (Å²) in [5, 5.41) is 4.58. The van der Waals surface area contributed by atoms with Gasteiger partial charge in [0.15, 0.2) is 0 Å². The molecule has 4 nitrogen and oxygen atoms in total. The summed E-state index contributed by atoms with van der Waals surface area (Å²) in [6.45, 7) is 0. The summed E-state index contributed by atoms with van der Waals surface area (Å²) < 4.78 is 4.54. The number of amides is 1. The maximum Gasteiger partial charge on any atom is 0.411 e. The van der Waals surface area contributed by atoms with Gasteiger partial charge in [-0.2, -0.15) is 0 Å². The Morgan fingerprint density at radius 1 is 1.41 bits per heavy atom. The van der Waals surface area contributed by atoms with E-state index in [0.717, 1.165) is 10.4 Å². The van der Waals surface area contributed by atoms with Crippen molar-refractivity contribution in [2.45, 2.75) is 0 Å². The Morgan fingerprint density at radius 2 is 2.24 bits per heavy atom. The summed E-state index contributed by atoms with van der Waals surface area (Å²) in [4.78, 5) is 12.3. The number of ether oxygens (including phenoxy) is 1. The van der Waals surface area contributed by atoms with Crippen LogP contribution in [0.3, 0.4) is 0 Å². The predicted octanol–water partition coefficient (Wildman–Crippen LogP) is 3.18. The van der Waals surface area contributed by atoms with Gasteiger partial charge >= 0.3 is 6.09 Å². The molecule has 0 saturated heterocycles. The number of hydrogen-bond acceptors (Lipinski definition) is 4. The zero-order valence-corrected chi connectivity index (χ0v) is 10.1. The Balaban J connectivity index is 2.33. The van der Waals surface area contributed by atoms with Gasteiger partial charge in [-0.05, 0) is 29.1 Å². The Hall–Kier alpha value is -2.01. The predicted molar refractivity (Wildman–Crippen MR) is 70.2 cm³/mol. The highest BCUT2D eigenvalue weighted by Crippen LogP contribution is 2.30. The van der Waals surface area contributed by atoms with Crippen LogP contribution >= 0.6 is 11.3 Å². The second kappa shape index (κ2) is 4.88. The molecular formula is C12H12N2O2S. The van der Waals surface area contributed by atoms with Crippen molar-refractivity contribution in [3.63, 3.8) is 0 Å². The van der Waals surface area contributed by atoms with Gasteiger partial charge in [0.2, 0.25) is 0 Å². The molecule has 0 aliphatic heterocycles. The smallest absolute Gasteiger partial charge is 0.411 e. The topological polar surface area (TPSA) is 64.3 Å². The third kappa shape index (κ3) is 2.57. The molecular weight excluding hydrogens is 236 g/mol. The highest BCUT2D eigenvalue weighted by molar-refractivity contribution is 7.13. The SMILES string of the molecule is COC(=O)Nc1cc(-c2cccs2)ccc1N. The average molecular weight is 248 g/mol. The first-order valence-corrected chi connectivity index (χ1v) is 5.87. The van der Waals surface area contributed by atoms with E-state index < -0.39 is 6.09 Å². The Labute approximate surface area is 103 Å². The van der Waals surface area contributed by atoms with E-state index in [9.17, 15) is 4.79 Å². The first kappa shape index (κ1) is 11.5. The van der Waals surface area contributed by atoms with Gasteiger partial charge in [-0.3, -0.25) is 5.32 Å². The van der Waals surface area contributed by atoms with Gasteiger partial charge in [-0.1, -0.05) is 12.1 Å². The Kier molecular flexibility index (Phi) is 3.30. The monoisotopic (exact) mass is 248 g/mol. The van der Waals surface area contributed by atoms with Crippen molar-refractivity contribution in [1.82, 2.24) is 0 Å². The second-order valence-electron chi connectivity index (χ2n) is 3.40. The van der Waals surface area contributed by atoms with Crippen molar-refractivity contribution < 1.29 is 9.53 Å². The number of benzene rings is 1. The van der Waals surface area contributed by atoms with Gasteiger partial charge in [-0.25, -0.2) is 4.79 Å². The lowest BCUT2D eigenvalue weighted by Crippen LogP contribution is -2.12. The average Bonchev–Trinajstić information content (AvgIpc) is 2.85. The fraction of sp³-hybridized carbons (Fsp3) is 0.0833. The maximum absolute atomic E-state index is 11.1. The van der Waals surface area contributed by atoms with Crippen molar-refractivity contribution in [3.05, 3.63) is 35.7 Å². The number of carbonyl (C=O) groups is 1. The molecule has 2 aromatic rings. The molecule has 0 spiro atoms. The molecule has 88 valence electrons. The molecule has 1 heterocycles. The first-order valence-electron chi connectivity index (χ1n) is 4.99. The van der Waals surface area contributed by atoms with Crippen LogP contribution in [0.2, 0.25) is 0 Å². The minimum absolute atomic E-state index is 0.510. The third-order valence-corrected chi connectivity index (χ3v) is 3.20. The van der Waals surface area contributed by atoms with Crippen LogP contribution in [0.15, 0.2) is 35.7 Å². The molecule has 0 unspecified atom stereocenters. The van der Waals surface area contributed by atoms with Crippen LogP contribution in [0, 0.1) is 0 Å². The molecule has 0 atom stereocenters. The van der Waals surface area contributed by atoms with Gasteiger partial charge in [0.25, 0.3) is 0 Å². The first-order chi connectivity index (χ1) is 8.20. The summed E-state index contributed by atoms with van der Waals surface area (Å²) in [5.41, 5.74) is 7.86. The highest BCUT2D eigenvalue weighted by Gasteiger charge is 2.07. The van der Waals surface area contributed by atoms with Crippen molar-refractivity contribution in [2.75, 3.05) is 18.2 Å². The molecule has 0 aliphatic rings. The van der Waals surface area contributed by atoms with Crippen LogP contribution < -0.4 is 11.1 Å².